The molecule has 4 aromatic carbocycles. The fourth-order valence-electron chi connectivity index (χ4n) is 5.11. The third-order valence-corrected chi connectivity index (χ3v) is 6.67. The zero-order valence-corrected chi connectivity index (χ0v) is 22.7. The third-order valence-electron chi connectivity index (χ3n) is 6.67. The van der Waals surface area contributed by atoms with Crippen LogP contribution >= 0.6 is 0 Å². The molecule has 4 aromatic rings. The van der Waals surface area contributed by atoms with Gasteiger partial charge in [-0.2, -0.15) is 0 Å². The van der Waals surface area contributed by atoms with Crippen molar-refractivity contribution in [3.8, 4) is 33.4 Å². The number of rotatable bonds is 4. The van der Waals surface area contributed by atoms with E-state index < -0.39 is 0 Å². The van der Waals surface area contributed by atoms with E-state index in [1.807, 2.05) is 0 Å². The molecule has 0 nitrogen and oxygen atoms in total. The minimum Gasteiger partial charge on any atom is -1.00 e. The first-order valence-corrected chi connectivity index (χ1v) is 11.1. The van der Waals surface area contributed by atoms with Gasteiger partial charge in [-0.15, -0.1) is 0 Å². The van der Waals surface area contributed by atoms with Crippen molar-refractivity contribution in [3.05, 3.63) is 132 Å². The van der Waals surface area contributed by atoms with E-state index in [4.69, 9.17) is 0 Å². The van der Waals surface area contributed by atoms with Crippen LogP contribution in [0.3, 0.4) is 0 Å². The molecule has 0 N–H and O–H groups in total. The van der Waals surface area contributed by atoms with Gasteiger partial charge in [0.05, 0.1) is 0 Å². The number of benzene rings is 4. The van der Waals surface area contributed by atoms with Crippen LogP contribution in [0, 0.1) is 0 Å². The van der Waals surface area contributed by atoms with E-state index in [2.05, 4.69) is 115 Å². The van der Waals surface area contributed by atoms with E-state index in [0.29, 0.717) is 5.92 Å². The van der Waals surface area contributed by atoms with E-state index in [0.717, 1.165) is 12.8 Å². The number of hydrogen-bond acceptors (Lipinski definition) is 0. The summed E-state index contributed by atoms with van der Waals surface area (Å²) in [5, 5.41) is 0. The molecule has 0 radical (unpaired) electrons. The quantitative estimate of drug-likeness (QED) is 0.361. The second-order valence-corrected chi connectivity index (χ2v) is 8.55. The Labute approximate surface area is 233 Å². The summed E-state index contributed by atoms with van der Waals surface area (Å²) >= 11 is 0. The van der Waals surface area contributed by atoms with Gasteiger partial charge in [-0.3, -0.25) is 0 Å². The molecule has 6 rings (SSSR count). The summed E-state index contributed by atoms with van der Waals surface area (Å²) in [6.07, 6.45) is 8.95. The number of allylic oxidation sites excluding steroid dienone is 4. The number of hydrogen-bond donors (Lipinski definition) is 0. The van der Waals surface area contributed by atoms with Gasteiger partial charge in [0.15, 0.2) is 0 Å². The molecule has 166 valence electrons. The maximum absolute atomic E-state index is 2.43. The zero-order valence-electron chi connectivity index (χ0n) is 18.7. The summed E-state index contributed by atoms with van der Waals surface area (Å²) in [7, 11) is 0. The first-order valence-electron chi connectivity index (χ1n) is 11.1. The minimum atomic E-state index is 0. The average molecular weight is 559 g/mol. The minimum absolute atomic E-state index is 0. The first-order chi connectivity index (χ1) is 15.4. The third kappa shape index (κ3) is 4.94. The monoisotopic (exact) mass is 556 g/mol. The summed E-state index contributed by atoms with van der Waals surface area (Å²) in [5.74, 6) is 0.406. The molecule has 34 heavy (non-hydrogen) atoms. The fourth-order valence-corrected chi connectivity index (χ4v) is 5.11. The second kappa shape index (κ2) is 11.5. The molecule has 2 aliphatic carbocycles. The topological polar surface area (TPSA) is 0 Å². The van der Waals surface area contributed by atoms with Crippen molar-refractivity contribution in [2.24, 2.45) is 0 Å². The average Bonchev–Trinajstić information content (AvgIpc) is 3.46. The van der Waals surface area contributed by atoms with Crippen molar-refractivity contribution in [2.75, 3.05) is 0 Å². The molecule has 0 fully saturated rings. The first kappa shape index (κ1) is 26.4. The second-order valence-electron chi connectivity index (χ2n) is 8.55. The van der Waals surface area contributed by atoms with Crippen molar-refractivity contribution in [1.29, 1.82) is 0 Å². The Bertz CT molecular complexity index is 1240. The van der Waals surface area contributed by atoms with Crippen LogP contribution < -0.4 is 24.8 Å². The standard InChI is InChI=1S/C31H24.2ClH.Zr/c1-3-11-23(12-4-1)25-15-17-27-28-18-16-26(24-13-5-2-6-14-24)21-31(28)29(30(27)20-25)19-22-9-7-8-10-22;;;/h1-9,11-18,20-21,29H,10,19H2;2*1H;/q;;;+2/p-2. The molecule has 0 saturated carbocycles. The van der Waals surface area contributed by atoms with Crippen LogP contribution in [0.15, 0.2) is 121 Å². The Hall–Kier alpha value is -2.18. The molecule has 3 heteroatoms. The largest absolute Gasteiger partial charge is 2.00 e. The van der Waals surface area contributed by atoms with E-state index in [1.165, 1.54) is 50.1 Å². The fraction of sp³-hybridized carbons (Fsp3) is 0.0968. The van der Waals surface area contributed by atoms with Crippen molar-refractivity contribution in [1.82, 2.24) is 0 Å². The van der Waals surface area contributed by atoms with Gasteiger partial charge in [-0.25, -0.2) is 0 Å². The van der Waals surface area contributed by atoms with E-state index in [1.54, 1.807) is 0 Å². The van der Waals surface area contributed by atoms with E-state index in [-0.39, 0.29) is 51.0 Å². The van der Waals surface area contributed by atoms with Crippen molar-refractivity contribution in [3.63, 3.8) is 0 Å². The van der Waals surface area contributed by atoms with Crippen LogP contribution in [0.2, 0.25) is 0 Å². The van der Waals surface area contributed by atoms with Gasteiger partial charge < -0.3 is 24.8 Å². The summed E-state index contributed by atoms with van der Waals surface area (Å²) in [4.78, 5) is 0. The summed E-state index contributed by atoms with van der Waals surface area (Å²) in [6.45, 7) is 0. The van der Waals surface area contributed by atoms with E-state index in [9.17, 15) is 0 Å². The van der Waals surface area contributed by atoms with Crippen LogP contribution in [0.25, 0.3) is 33.4 Å². The van der Waals surface area contributed by atoms with Crippen molar-refractivity contribution < 1.29 is 51.0 Å². The molecule has 0 aromatic heterocycles. The molecule has 0 unspecified atom stereocenters. The Morgan fingerprint density at radius 1 is 0.588 bits per heavy atom. The van der Waals surface area contributed by atoms with Crippen LogP contribution in [0.4, 0.5) is 0 Å². The molecular weight excluding hydrogens is 534 g/mol. The Kier molecular flexibility index (Phi) is 8.94. The molecule has 2 aliphatic rings. The van der Waals surface area contributed by atoms with Gasteiger partial charge in [-0.05, 0) is 69.5 Å². The van der Waals surface area contributed by atoms with E-state index >= 15 is 0 Å². The molecule has 0 amide bonds. The van der Waals surface area contributed by atoms with Gasteiger partial charge in [0.1, 0.15) is 0 Å². The maximum atomic E-state index is 2.43. The van der Waals surface area contributed by atoms with Crippen LogP contribution in [0.5, 0.6) is 0 Å². The molecule has 0 atom stereocenters. The maximum Gasteiger partial charge on any atom is 2.00 e. The predicted molar refractivity (Wildman–Crippen MR) is 131 cm³/mol. The van der Waals surface area contributed by atoms with Gasteiger partial charge in [0, 0.05) is 5.92 Å². The van der Waals surface area contributed by atoms with Gasteiger partial charge in [0.25, 0.3) is 0 Å². The van der Waals surface area contributed by atoms with Crippen LogP contribution in [-0.2, 0) is 26.2 Å². The normalized spacial score (nSPS) is 13.1. The molecular formula is C31H24Cl2Zr. The predicted octanol–water partition coefficient (Wildman–Crippen LogP) is 2.41. The van der Waals surface area contributed by atoms with Gasteiger partial charge in [-0.1, -0.05) is 109 Å². The molecule has 0 bridgehead atoms. The summed E-state index contributed by atoms with van der Waals surface area (Å²) in [6, 6.07) is 35.6. The zero-order chi connectivity index (χ0) is 20.6. The number of halogens is 2. The SMILES string of the molecule is C1=CCC(CC2c3cc(-c4ccccc4)ccc3-c3ccc(-c4ccccc4)cc32)=C1.[Cl-].[Cl-].[Zr+2]. The van der Waals surface area contributed by atoms with Crippen LogP contribution in [-0.4, -0.2) is 0 Å². The number of fused-ring (bicyclic) bond motifs is 3. The van der Waals surface area contributed by atoms with Gasteiger partial charge >= 0.3 is 26.2 Å². The smallest absolute Gasteiger partial charge is 1.00 e. The molecule has 0 saturated heterocycles. The van der Waals surface area contributed by atoms with Crippen molar-refractivity contribution in [2.45, 2.75) is 18.8 Å². The summed E-state index contributed by atoms with van der Waals surface area (Å²) in [5.41, 5.74) is 12.4. The van der Waals surface area contributed by atoms with Crippen LogP contribution in [0.1, 0.15) is 29.9 Å². The molecule has 0 heterocycles. The Morgan fingerprint density at radius 3 is 1.53 bits per heavy atom. The molecule has 0 spiro atoms. The Balaban J connectivity index is 0.00000108. The molecule has 0 aliphatic heterocycles. The summed E-state index contributed by atoms with van der Waals surface area (Å²) < 4.78 is 0. The van der Waals surface area contributed by atoms with Gasteiger partial charge in [0.2, 0.25) is 0 Å². The van der Waals surface area contributed by atoms with Crippen molar-refractivity contribution >= 4 is 0 Å². The Morgan fingerprint density at radius 2 is 1.09 bits per heavy atom.